The van der Waals surface area contributed by atoms with Crippen molar-refractivity contribution in [2.75, 3.05) is 7.05 Å². The molecule has 6 heteroatoms. The molecule has 0 saturated heterocycles. The molecule has 1 amide bonds. The second kappa shape index (κ2) is 5.18. The van der Waals surface area contributed by atoms with E-state index in [1.807, 2.05) is 0 Å². The van der Waals surface area contributed by atoms with Gasteiger partial charge >= 0.3 is 0 Å². The van der Waals surface area contributed by atoms with Crippen LogP contribution in [0.25, 0.3) is 0 Å². The van der Waals surface area contributed by atoms with Crippen LogP contribution in [0.5, 0.6) is 0 Å². The Hall–Kier alpha value is -1.88. The number of halogens is 2. The van der Waals surface area contributed by atoms with E-state index in [0.717, 1.165) is 0 Å². The summed E-state index contributed by atoms with van der Waals surface area (Å²) in [5.74, 6) is -0.303. The molecule has 0 spiro atoms. The van der Waals surface area contributed by atoms with Crippen LogP contribution in [0.15, 0.2) is 30.6 Å². The zero-order chi connectivity index (χ0) is 13.1. The molecule has 2 rings (SSSR count). The fourth-order valence-electron chi connectivity index (χ4n) is 1.56. The van der Waals surface area contributed by atoms with Crippen molar-refractivity contribution < 1.29 is 9.18 Å². The Balaban J connectivity index is 2.18. The first-order chi connectivity index (χ1) is 8.59. The predicted octanol–water partition coefficient (Wildman–Crippen LogP) is 2.47. The molecule has 0 aliphatic carbocycles. The number of H-pyrrole nitrogens is 1. The fourth-order valence-corrected chi connectivity index (χ4v) is 1.76. The third-order valence-electron chi connectivity index (χ3n) is 2.47. The molecule has 0 bridgehead atoms. The van der Waals surface area contributed by atoms with E-state index >= 15 is 0 Å². The maximum absolute atomic E-state index is 13.3. The first-order valence-corrected chi connectivity index (χ1v) is 5.65. The SMILES string of the molecule is CN(Cc1ncc[nH]1)C(=O)c1cccc(F)c1Cl. The molecule has 0 saturated carbocycles. The van der Waals surface area contributed by atoms with Gasteiger partial charge in [-0.25, -0.2) is 9.37 Å². The smallest absolute Gasteiger partial charge is 0.255 e. The Labute approximate surface area is 108 Å². The van der Waals surface area contributed by atoms with Gasteiger partial charge in [0.05, 0.1) is 17.1 Å². The number of carbonyl (C=O) groups is 1. The molecule has 0 unspecified atom stereocenters. The summed E-state index contributed by atoms with van der Waals surface area (Å²) in [5, 5.41) is -0.159. The summed E-state index contributed by atoms with van der Waals surface area (Å²) in [6, 6.07) is 4.16. The van der Waals surface area contributed by atoms with Crippen molar-refractivity contribution in [2.24, 2.45) is 0 Å². The molecular weight excluding hydrogens is 257 g/mol. The first kappa shape index (κ1) is 12.6. The lowest BCUT2D eigenvalue weighted by Crippen LogP contribution is -2.27. The van der Waals surface area contributed by atoms with Crippen molar-refractivity contribution in [3.8, 4) is 0 Å². The molecule has 1 N–H and O–H groups in total. The Bertz CT molecular complexity index is 556. The van der Waals surface area contributed by atoms with E-state index in [9.17, 15) is 9.18 Å². The van der Waals surface area contributed by atoms with Crippen molar-refractivity contribution in [2.45, 2.75) is 6.54 Å². The molecule has 0 atom stereocenters. The third-order valence-corrected chi connectivity index (χ3v) is 2.85. The topological polar surface area (TPSA) is 49.0 Å². The second-order valence-corrected chi connectivity index (χ2v) is 4.18. The minimum atomic E-state index is -0.603. The van der Waals surface area contributed by atoms with Crippen molar-refractivity contribution in [1.82, 2.24) is 14.9 Å². The number of benzene rings is 1. The number of aromatic amines is 1. The van der Waals surface area contributed by atoms with Crippen molar-refractivity contribution >= 4 is 17.5 Å². The maximum atomic E-state index is 13.3. The molecule has 0 aliphatic heterocycles. The van der Waals surface area contributed by atoms with E-state index in [2.05, 4.69) is 9.97 Å². The van der Waals surface area contributed by atoms with E-state index in [1.165, 1.54) is 23.1 Å². The van der Waals surface area contributed by atoms with Gasteiger partial charge in [-0.05, 0) is 12.1 Å². The minimum Gasteiger partial charge on any atom is -0.347 e. The highest BCUT2D eigenvalue weighted by atomic mass is 35.5. The van der Waals surface area contributed by atoms with E-state index in [4.69, 9.17) is 11.6 Å². The van der Waals surface area contributed by atoms with Crippen LogP contribution in [-0.2, 0) is 6.54 Å². The summed E-state index contributed by atoms with van der Waals surface area (Å²) in [4.78, 5) is 20.4. The number of rotatable bonds is 3. The van der Waals surface area contributed by atoms with Crippen LogP contribution in [0.1, 0.15) is 16.2 Å². The summed E-state index contributed by atoms with van der Waals surface area (Å²) >= 11 is 5.77. The number of hydrogen-bond acceptors (Lipinski definition) is 2. The first-order valence-electron chi connectivity index (χ1n) is 5.27. The Kier molecular flexibility index (Phi) is 3.62. The lowest BCUT2D eigenvalue weighted by Gasteiger charge is -2.16. The van der Waals surface area contributed by atoms with Crippen LogP contribution in [0.3, 0.4) is 0 Å². The van der Waals surface area contributed by atoms with Gasteiger partial charge in [-0.15, -0.1) is 0 Å². The average Bonchev–Trinajstić information content (AvgIpc) is 2.84. The highest BCUT2D eigenvalue weighted by molar-refractivity contribution is 6.33. The van der Waals surface area contributed by atoms with Crippen molar-refractivity contribution in [3.05, 3.63) is 52.8 Å². The molecule has 0 aliphatic rings. The quantitative estimate of drug-likeness (QED) is 0.929. The molecule has 18 heavy (non-hydrogen) atoms. The molecule has 1 heterocycles. The summed E-state index contributed by atoms with van der Waals surface area (Å²) in [6.45, 7) is 0.304. The zero-order valence-electron chi connectivity index (χ0n) is 9.65. The standard InChI is InChI=1S/C12H11ClFN3O/c1-17(7-10-15-5-6-16-10)12(18)8-3-2-4-9(14)11(8)13/h2-6H,7H2,1H3,(H,15,16). The summed E-state index contributed by atoms with van der Waals surface area (Å²) in [5.41, 5.74) is 0.144. The number of nitrogens with zero attached hydrogens (tertiary/aromatic N) is 2. The Morgan fingerprint density at radius 3 is 3.00 bits per heavy atom. The monoisotopic (exact) mass is 267 g/mol. The fraction of sp³-hybridized carbons (Fsp3) is 0.167. The molecule has 2 aromatic rings. The summed E-state index contributed by atoms with van der Waals surface area (Å²) in [6.07, 6.45) is 3.27. The normalized spacial score (nSPS) is 10.4. The molecule has 94 valence electrons. The van der Waals surface area contributed by atoms with Gasteiger partial charge in [0, 0.05) is 19.4 Å². The third kappa shape index (κ3) is 2.51. The van der Waals surface area contributed by atoms with E-state index in [-0.39, 0.29) is 16.5 Å². The zero-order valence-corrected chi connectivity index (χ0v) is 10.4. The Morgan fingerprint density at radius 2 is 2.33 bits per heavy atom. The van der Waals surface area contributed by atoms with Gasteiger partial charge in [-0.1, -0.05) is 17.7 Å². The van der Waals surface area contributed by atoms with Gasteiger partial charge in [0.1, 0.15) is 11.6 Å². The van der Waals surface area contributed by atoms with Crippen LogP contribution >= 0.6 is 11.6 Å². The number of amides is 1. The lowest BCUT2D eigenvalue weighted by molar-refractivity contribution is 0.0781. The number of hydrogen-bond donors (Lipinski definition) is 1. The predicted molar refractivity (Wildman–Crippen MR) is 65.8 cm³/mol. The van der Waals surface area contributed by atoms with Crippen LogP contribution in [0.2, 0.25) is 5.02 Å². The molecule has 0 fully saturated rings. The number of carbonyl (C=O) groups excluding carboxylic acids is 1. The van der Waals surface area contributed by atoms with E-state index in [0.29, 0.717) is 12.4 Å². The van der Waals surface area contributed by atoms with E-state index in [1.54, 1.807) is 19.4 Å². The number of imidazole rings is 1. The van der Waals surface area contributed by atoms with Crippen LogP contribution in [0.4, 0.5) is 4.39 Å². The molecule has 0 radical (unpaired) electrons. The minimum absolute atomic E-state index is 0.144. The van der Waals surface area contributed by atoms with Gasteiger partial charge < -0.3 is 9.88 Å². The van der Waals surface area contributed by atoms with Gasteiger partial charge in [-0.3, -0.25) is 4.79 Å². The lowest BCUT2D eigenvalue weighted by atomic mass is 10.2. The largest absolute Gasteiger partial charge is 0.347 e. The van der Waals surface area contributed by atoms with Crippen molar-refractivity contribution in [3.63, 3.8) is 0 Å². The molecule has 1 aromatic carbocycles. The number of nitrogens with one attached hydrogen (secondary N) is 1. The van der Waals surface area contributed by atoms with Gasteiger partial charge in [0.15, 0.2) is 0 Å². The van der Waals surface area contributed by atoms with E-state index < -0.39 is 5.82 Å². The second-order valence-electron chi connectivity index (χ2n) is 3.80. The van der Waals surface area contributed by atoms with Crippen molar-refractivity contribution in [1.29, 1.82) is 0 Å². The highest BCUT2D eigenvalue weighted by Gasteiger charge is 2.17. The van der Waals surface area contributed by atoms with Gasteiger partial charge in [-0.2, -0.15) is 0 Å². The maximum Gasteiger partial charge on any atom is 0.255 e. The highest BCUT2D eigenvalue weighted by Crippen LogP contribution is 2.21. The summed E-state index contributed by atoms with van der Waals surface area (Å²) in [7, 11) is 1.60. The molecule has 1 aromatic heterocycles. The van der Waals surface area contributed by atoms with Gasteiger partial charge in [0.2, 0.25) is 0 Å². The van der Waals surface area contributed by atoms with Crippen LogP contribution in [-0.4, -0.2) is 27.8 Å². The average molecular weight is 268 g/mol. The van der Waals surface area contributed by atoms with Crippen LogP contribution < -0.4 is 0 Å². The van der Waals surface area contributed by atoms with Gasteiger partial charge in [0.25, 0.3) is 5.91 Å². The molecule has 4 nitrogen and oxygen atoms in total. The Morgan fingerprint density at radius 1 is 1.56 bits per heavy atom. The summed E-state index contributed by atoms with van der Waals surface area (Å²) < 4.78 is 13.3. The number of aromatic nitrogens is 2. The molecular formula is C12H11ClFN3O. The van der Waals surface area contributed by atoms with Crippen LogP contribution in [0, 0.1) is 5.82 Å².